The van der Waals surface area contributed by atoms with Crippen LogP contribution in [0.5, 0.6) is 0 Å². The summed E-state index contributed by atoms with van der Waals surface area (Å²) in [5.41, 5.74) is 0.700. The number of fused-ring (bicyclic) bond motifs is 1. The van der Waals surface area contributed by atoms with Gasteiger partial charge < -0.3 is 10.2 Å². The lowest BCUT2D eigenvalue weighted by atomic mass is 10.1. The molecule has 1 amide bonds. The normalized spacial score (nSPS) is 17.4. The maximum absolute atomic E-state index is 13.0. The van der Waals surface area contributed by atoms with Crippen LogP contribution in [0.4, 0.5) is 5.69 Å². The molecule has 0 fully saturated rings. The molecule has 2 aliphatic rings. The molecule has 0 aliphatic carbocycles. The minimum atomic E-state index is -3.59. The van der Waals surface area contributed by atoms with E-state index < -0.39 is 15.9 Å². The molecule has 29 heavy (non-hydrogen) atoms. The number of aromatic nitrogens is 4. The number of anilines is 1. The van der Waals surface area contributed by atoms with Crippen molar-refractivity contribution < 1.29 is 13.2 Å². The van der Waals surface area contributed by atoms with Gasteiger partial charge in [0.1, 0.15) is 0 Å². The lowest BCUT2D eigenvalue weighted by molar-refractivity contribution is -0.112. The van der Waals surface area contributed by atoms with E-state index in [9.17, 15) is 13.2 Å². The maximum Gasteiger partial charge on any atom is 0.259 e. The number of amides is 1. The first kappa shape index (κ1) is 19.8. The minimum absolute atomic E-state index is 0.0894. The number of nitrogens with zero attached hydrogens (tertiary/aromatic N) is 6. The van der Waals surface area contributed by atoms with Crippen molar-refractivity contribution in [3.63, 3.8) is 0 Å². The Balaban J connectivity index is 1.64. The molecule has 2 aromatic rings. The van der Waals surface area contributed by atoms with Gasteiger partial charge in [0.25, 0.3) is 15.9 Å². The van der Waals surface area contributed by atoms with Gasteiger partial charge in [-0.25, -0.2) is 13.1 Å². The van der Waals surface area contributed by atoms with Gasteiger partial charge in [-0.1, -0.05) is 15.9 Å². The number of halogens is 1. The Morgan fingerprint density at radius 2 is 2.17 bits per heavy atom. The van der Waals surface area contributed by atoms with Crippen LogP contribution in [0.1, 0.15) is 0 Å². The topological polar surface area (TPSA) is 122 Å². The predicted molar refractivity (Wildman–Crippen MR) is 111 cm³/mol. The number of allylic oxidation sites excluding steroid dienone is 2. The van der Waals surface area contributed by atoms with E-state index in [1.165, 1.54) is 16.4 Å². The molecule has 3 heterocycles. The second kappa shape index (κ2) is 7.72. The Kier molecular flexibility index (Phi) is 5.27. The number of carbonyl (C=O) groups excluding carboxylic acids is 1. The molecule has 0 spiro atoms. The number of nitrogens with one attached hydrogen (secondary N) is 1. The summed E-state index contributed by atoms with van der Waals surface area (Å²) in [5, 5.41) is 14.7. The number of aryl methyl sites for hydroxylation is 1. The SMILES string of the molecule is Cn1nnnc1Sc1ccc(Br)cc1NC(=O)C1=CC=CN2CCS(=O)(=O)N=C12. The van der Waals surface area contributed by atoms with Gasteiger partial charge in [-0.3, -0.25) is 4.79 Å². The highest BCUT2D eigenvalue weighted by atomic mass is 79.9. The molecule has 4 rings (SSSR count). The number of tetrazole rings is 1. The molecule has 0 bridgehead atoms. The quantitative estimate of drug-likeness (QED) is 0.677. The van der Waals surface area contributed by atoms with Gasteiger partial charge in [-0.2, -0.15) is 0 Å². The second-order valence-electron chi connectivity index (χ2n) is 6.10. The fraction of sp³-hybridized carbons (Fsp3) is 0.188. The first-order valence-corrected chi connectivity index (χ1v) is 11.5. The first-order chi connectivity index (χ1) is 13.8. The van der Waals surface area contributed by atoms with Crippen LogP contribution in [-0.4, -0.2) is 57.6 Å². The zero-order chi connectivity index (χ0) is 20.6. The van der Waals surface area contributed by atoms with Crippen LogP contribution >= 0.6 is 27.7 Å². The molecule has 150 valence electrons. The summed E-state index contributed by atoms with van der Waals surface area (Å²) < 4.78 is 29.9. The average molecular weight is 496 g/mol. The van der Waals surface area contributed by atoms with Gasteiger partial charge in [0.05, 0.1) is 17.0 Å². The number of hydrogen-bond donors (Lipinski definition) is 1. The molecule has 1 aromatic heterocycles. The molecular formula is C16H14BrN7O3S2. The van der Waals surface area contributed by atoms with Gasteiger partial charge in [-0.15, -0.1) is 9.50 Å². The van der Waals surface area contributed by atoms with Crippen LogP contribution in [0.3, 0.4) is 0 Å². The summed E-state index contributed by atoms with van der Waals surface area (Å²) >= 11 is 4.69. The largest absolute Gasteiger partial charge is 0.331 e. The molecule has 13 heteroatoms. The zero-order valence-corrected chi connectivity index (χ0v) is 18.2. The van der Waals surface area contributed by atoms with Crippen molar-refractivity contribution >= 4 is 55.1 Å². The van der Waals surface area contributed by atoms with E-state index in [2.05, 4.69) is 41.2 Å². The molecule has 2 aliphatic heterocycles. The lowest BCUT2D eigenvalue weighted by Crippen LogP contribution is -2.40. The highest BCUT2D eigenvalue weighted by Gasteiger charge is 2.30. The number of benzene rings is 1. The maximum atomic E-state index is 13.0. The fourth-order valence-corrected chi connectivity index (χ4v) is 4.82. The number of amidine groups is 1. The Morgan fingerprint density at radius 1 is 1.34 bits per heavy atom. The first-order valence-electron chi connectivity index (χ1n) is 8.32. The highest BCUT2D eigenvalue weighted by Crippen LogP contribution is 2.34. The third kappa shape index (κ3) is 4.26. The Labute approximate surface area is 178 Å². The minimum Gasteiger partial charge on any atom is -0.331 e. The van der Waals surface area contributed by atoms with Gasteiger partial charge in [0, 0.05) is 29.2 Å². The number of rotatable bonds is 4. The fourth-order valence-electron chi connectivity index (χ4n) is 2.68. The van der Waals surface area contributed by atoms with Crippen molar-refractivity contribution in [2.45, 2.75) is 10.1 Å². The zero-order valence-electron chi connectivity index (χ0n) is 15.0. The Morgan fingerprint density at radius 3 is 2.93 bits per heavy atom. The van der Waals surface area contributed by atoms with E-state index in [0.29, 0.717) is 10.8 Å². The van der Waals surface area contributed by atoms with Crippen LogP contribution in [-0.2, 0) is 21.9 Å². The smallest absolute Gasteiger partial charge is 0.259 e. The molecular weight excluding hydrogens is 482 g/mol. The monoisotopic (exact) mass is 495 g/mol. The molecule has 0 saturated heterocycles. The third-order valence-electron chi connectivity index (χ3n) is 4.07. The lowest BCUT2D eigenvalue weighted by Gasteiger charge is -2.28. The van der Waals surface area contributed by atoms with E-state index >= 15 is 0 Å². The molecule has 0 atom stereocenters. The van der Waals surface area contributed by atoms with Crippen molar-refractivity contribution in [3.8, 4) is 0 Å². The molecule has 1 N–H and O–H groups in total. The summed E-state index contributed by atoms with van der Waals surface area (Å²) in [4.78, 5) is 15.4. The molecule has 0 saturated carbocycles. The molecule has 10 nitrogen and oxygen atoms in total. The van der Waals surface area contributed by atoms with Crippen LogP contribution in [0.15, 0.2) is 61.0 Å². The van der Waals surface area contributed by atoms with E-state index in [1.54, 1.807) is 36.4 Å². The van der Waals surface area contributed by atoms with E-state index in [0.717, 1.165) is 9.37 Å². The van der Waals surface area contributed by atoms with Crippen molar-refractivity contribution in [1.29, 1.82) is 0 Å². The van der Waals surface area contributed by atoms with E-state index in [1.807, 2.05) is 12.1 Å². The summed E-state index contributed by atoms with van der Waals surface area (Å²) in [6, 6.07) is 5.41. The number of hydrogen-bond acceptors (Lipinski definition) is 8. The Hall–Kier alpha value is -2.51. The van der Waals surface area contributed by atoms with Crippen molar-refractivity contribution in [2.75, 3.05) is 17.6 Å². The molecule has 1 aromatic carbocycles. The van der Waals surface area contributed by atoms with Gasteiger partial charge >= 0.3 is 0 Å². The summed E-state index contributed by atoms with van der Waals surface area (Å²) in [7, 11) is -1.87. The van der Waals surface area contributed by atoms with Crippen LogP contribution in [0.2, 0.25) is 0 Å². The standard InChI is InChI=1S/C16H14BrN7O3S2/c1-23-16(19-21-22-23)28-13-5-4-10(17)9-12(13)18-15(25)11-3-2-6-24-7-8-29(26,27)20-14(11)24/h2-6,9H,7-8H2,1H3,(H,18,25). The molecule has 0 unspecified atom stereocenters. The van der Waals surface area contributed by atoms with Gasteiger partial charge in [0.15, 0.2) is 5.84 Å². The highest BCUT2D eigenvalue weighted by molar-refractivity contribution is 9.10. The predicted octanol–water partition coefficient (Wildman–Crippen LogP) is 1.56. The Bertz CT molecular complexity index is 1190. The second-order valence-corrected chi connectivity index (χ2v) is 9.78. The van der Waals surface area contributed by atoms with Crippen LogP contribution < -0.4 is 5.32 Å². The summed E-state index contributed by atoms with van der Waals surface area (Å²) in [6.07, 6.45) is 4.93. The van der Waals surface area contributed by atoms with Gasteiger partial charge in [-0.05, 0) is 52.5 Å². The van der Waals surface area contributed by atoms with Crippen molar-refractivity contribution in [1.82, 2.24) is 25.1 Å². The average Bonchev–Trinajstić information content (AvgIpc) is 3.07. The van der Waals surface area contributed by atoms with Crippen LogP contribution in [0, 0.1) is 0 Å². The number of sulfonamides is 1. The van der Waals surface area contributed by atoms with Gasteiger partial charge in [0.2, 0.25) is 5.16 Å². The summed E-state index contributed by atoms with van der Waals surface area (Å²) in [5.74, 6) is -0.433. The molecule has 0 radical (unpaired) electrons. The van der Waals surface area contributed by atoms with E-state index in [-0.39, 0.29) is 23.7 Å². The van der Waals surface area contributed by atoms with Crippen molar-refractivity contribution in [2.24, 2.45) is 11.4 Å². The van der Waals surface area contributed by atoms with E-state index in [4.69, 9.17) is 0 Å². The third-order valence-corrected chi connectivity index (χ3v) is 6.82. The van der Waals surface area contributed by atoms with Crippen LogP contribution in [0.25, 0.3) is 0 Å². The van der Waals surface area contributed by atoms with Crippen molar-refractivity contribution in [3.05, 3.63) is 46.6 Å². The summed E-state index contributed by atoms with van der Waals surface area (Å²) in [6.45, 7) is 0.249. The number of carbonyl (C=O) groups is 1.